The lowest BCUT2D eigenvalue weighted by Gasteiger charge is -2.34. The third kappa shape index (κ3) is 6.31. The molecule has 0 spiro atoms. The topological polar surface area (TPSA) is 70.8 Å². The zero-order valence-corrected chi connectivity index (χ0v) is 20.7. The van der Waals surface area contributed by atoms with E-state index < -0.39 is 0 Å². The molecule has 9 heteroatoms. The van der Waals surface area contributed by atoms with Crippen molar-refractivity contribution in [2.45, 2.75) is 33.4 Å². The first-order valence-electron chi connectivity index (χ1n) is 10.5. The maximum atomic E-state index is 5.96. The largest absolute Gasteiger partial charge is 0.370 e. The summed E-state index contributed by atoms with van der Waals surface area (Å²) in [7, 11) is 1.93. The molecule has 2 aromatic heterocycles. The molecular weight excluding hydrogens is 493 g/mol. The molecule has 1 aliphatic rings. The minimum Gasteiger partial charge on any atom is -0.370 e. The Morgan fingerprint density at radius 3 is 2.67 bits per heavy atom. The summed E-state index contributed by atoms with van der Waals surface area (Å²) >= 11 is 0. The average molecular weight is 527 g/mol. The number of hydrogen-bond acceptors (Lipinski definition) is 5. The molecule has 0 saturated carbocycles. The Balaban J connectivity index is 0.00000320. The van der Waals surface area contributed by atoms with Gasteiger partial charge in [0.25, 0.3) is 0 Å². The van der Waals surface area contributed by atoms with Crippen LogP contribution in [0.4, 0.5) is 5.82 Å². The molecule has 0 amide bonds. The Kier molecular flexibility index (Phi) is 9.83. The fourth-order valence-corrected chi connectivity index (χ4v) is 3.49. The Morgan fingerprint density at radius 2 is 2.07 bits per heavy atom. The Bertz CT molecular complexity index is 789. The first kappa shape index (κ1) is 24.4. The van der Waals surface area contributed by atoms with Crippen molar-refractivity contribution >= 4 is 35.8 Å². The number of hydrogen-bond donors (Lipinski definition) is 1. The maximum absolute atomic E-state index is 5.96. The highest BCUT2D eigenvalue weighted by molar-refractivity contribution is 14.0. The summed E-state index contributed by atoms with van der Waals surface area (Å²) in [6.07, 6.45) is 5.83. The number of nitrogens with zero attached hydrogens (tertiary/aromatic N) is 6. The number of aryl methyl sites for hydroxylation is 1. The van der Waals surface area contributed by atoms with Gasteiger partial charge in [-0.05, 0) is 32.4 Å². The van der Waals surface area contributed by atoms with Crippen molar-refractivity contribution in [3.8, 4) is 0 Å². The van der Waals surface area contributed by atoms with E-state index in [1.807, 2.05) is 30.3 Å². The smallest absolute Gasteiger partial charge is 0.194 e. The molecule has 2 aromatic rings. The number of nitrogens with one attached hydrogen (secondary N) is 1. The third-order valence-corrected chi connectivity index (χ3v) is 5.11. The summed E-state index contributed by atoms with van der Waals surface area (Å²) in [4.78, 5) is 14.0. The van der Waals surface area contributed by atoms with Crippen LogP contribution >= 0.6 is 24.0 Å². The van der Waals surface area contributed by atoms with Gasteiger partial charge in [0.1, 0.15) is 11.9 Å². The fourth-order valence-electron chi connectivity index (χ4n) is 3.49. The van der Waals surface area contributed by atoms with Crippen molar-refractivity contribution in [3.63, 3.8) is 0 Å². The van der Waals surface area contributed by atoms with Gasteiger partial charge in [0.05, 0.1) is 25.9 Å². The van der Waals surface area contributed by atoms with E-state index >= 15 is 0 Å². The highest BCUT2D eigenvalue weighted by atomic mass is 127. The van der Waals surface area contributed by atoms with Crippen LogP contribution < -0.4 is 10.2 Å². The number of morpholine rings is 1. The second-order valence-electron chi connectivity index (χ2n) is 7.12. The first-order chi connectivity index (χ1) is 14.1. The molecule has 3 heterocycles. The van der Waals surface area contributed by atoms with Crippen molar-refractivity contribution in [1.82, 2.24) is 25.0 Å². The zero-order chi connectivity index (χ0) is 20.6. The van der Waals surface area contributed by atoms with Gasteiger partial charge in [0.2, 0.25) is 0 Å². The first-order valence-corrected chi connectivity index (χ1v) is 10.5. The van der Waals surface area contributed by atoms with Crippen LogP contribution in [0.25, 0.3) is 0 Å². The summed E-state index contributed by atoms with van der Waals surface area (Å²) in [5.41, 5.74) is 2.21. The molecule has 166 valence electrons. The molecule has 3 rings (SSSR count). The lowest BCUT2D eigenvalue weighted by Crippen LogP contribution is -2.48. The summed E-state index contributed by atoms with van der Waals surface area (Å²) in [5.74, 6) is 1.93. The molecule has 0 radical (unpaired) electrons. The maximum Gasteiger partial charge on any atom is 0.194 e. The molecule has 0 aromatic carbocycles. The van der Waals surface area contributed by atoms with E-state index in [0.717, 1.165) is 55.6 Å². The van der Waals surface area contributed by atoms with E-state index in [2.05, 4.69) is 58.1 Å². The number of aromatic nitrogens is 3. The molecule has 1 atom stereocenters. The molecule has 1 aliphatic heterocycles. The van der Waals surface area contributed by atoms with E-state index in [4.69, 9.17) is 9.73 Å². The van der Waals surface area contributed by atoms with Crippen molar-refractivity contribution in [2.24, 2.45) is 12.0 Å². The van der Waals surface area contributed by atoms with Gasteiger partial charge >= 0.3 is 0 Å². The monoisotopic (exact) mass is 527 g/mol. The van der Waals surface area contributed by atoms with Gasteiger partial charge in [-0.2, -0.15) is 5.10 Å². The predicted molar refractivity (Wildman–Crippen MR) is 132 cm³/mol. The SMILES string of the molecule is CCNC(=NCc1ccc(N(CC)CC)nc1)N1CCOC(c2cnn(C)c2)C1.I. The second-order valence-corrected chi connectivity index (χ2v) is 7.12. The number of anilines is 1. The Labute approximate surface area is 196 Å². The van der Waals surface area contributed by atoms with E-state index in [9.17, 15) is 0 Å². The van der Waals surface area contributed by atoms with Crippen molar-refractivity contribution < 1.29 is 4.74 Å². The Hall–Kier alpha value is -1.88. The number of guanidine groups is 1. The highest BCUT2D eigenvalue weighted by Crippen LogP contribution is 2.21. The lowest BCUT2D eigenvalue weighted by molar-refractivity contribution is -0.00805. The standard InChI is InChI=1S/C21H33N7O.HI/c1-5-22-21(24-13-17-8-9-20(23-12-17)27(6-2)7-3)28-10-11-29-19(16-28)18-14-25-26(4)15-18;/h8-9,12,14-15,19H,5-7,10-11,13,16H2,1-4H3,(H,22,24);1H. The number of ether oxygens (including phenoxy) is 1. The zero-order valence-electron chi connectivity index (χ0n) is 18.4. The van der Waals surface area contributed by atoms with Crippen LogP contribution in [0.2, 0.25) is 0 Å². The predicted octanol–water partition coefficient (Wildman–Crippen LogP) is 2.82. The van der Waals surface area contributed by atoms with E-state index in [1.165, 1.54) is 0 Å². The van der Waals surface area contributed by atoms with Crippen LogP contribution in [0.5, 0.6) is 0 Å². The molecule has 0 aliphatic carbocycles. The quantitative estimate of drug-likeness (QED) is 0.340. The van der Waals surface area contributed by atoms with E-state index in [-0.39, 0.29) is 30.1 Å². The van der Waals surface area contributed by atoms with Crippen LogP contribution in [0.1, 0.15) is 38.0 Å². The normalized spacial score (nSPS) is 16.9. The van der Waals surface area contributed by atoms with Crippen molar-refractivity contribution in [3.05, 3.63) is 41.9 Å². The molecule has 1 saturated heterocycles. The summed E-state index contributed by atoms with van der Waals surface area (Å²) < 4.78 is 7.77. The molecular formula is C21H34IN7O. The third-order valence-electron chi connectivity index (χ3n) is 5.11. The van der Waals surface area contributed by atoms with Crippen LogP contribution in [-0.4, -0.2) is 65.0 Å². The van der Waals surface area contributed by atoms with E-state index in [0.29, 0.717) is 13.2 Å². The average Bonchev–Trinajstić information content (AvgIpc) is 3.19. The molecule has 1 N–H and O–H groups in total. The summed E-state index contributed by atoms with van der Waals surface area (Å²) in [6.45, 7) is 12.0. The molecule has 1 unspecified atom stereocenters. The molecule has 0 bridgehead atoms. The van der Waals surface area contributed by atoms with Gasteiger partial charge in [-0.25, -0.2) is 9.98 Å². The summed E-state index contributed by atoms with van der Waals surface area (Å²) in [5, 5.41) is 7.69. The van der Waals surface area contributed by atoms with Crippen molar-refractivity contribution in [1.29, 1.82) is 0 Å². The summed E-state index contributed by atoms with van der Waals surface area (Å²) in [6, 6.07) is 4.20. The van der Waals surface area contributed by atoms with Crippen LogP contribution in [0, 0.1) is 0 Å². The lowest BCUT2D eigenvalue weighted by atomic mass is 10.1. The highest BCUT2D eigenvalue weighted by Gasteiger charge is 2.25. The van der Waals surface area contributed by atoms with Gasteiger partial charge in [0, 0.05) is 51.2 Å². The van der Waals surface area contributed by atoms with Crippen LogP contribution in [0.15, 0.2) is 35.7 Å². The van der Waals surface area contributed by atoms with Gasteiger partial charge in [0.15, 0.2) is 5.96 Å². The second kappa shape index (κ2) is 12.1. The minimum atomic E-state index is 0. The van der Waals surface area contributed by atoms with Crippen LogP contribution in [0.3, 0.4) is 0 Å². The van der Waals surface area contributed by atoms with Gasteiger partial charge < -0.3 is 19.9 Å². The van der Waals surface area contributed by atoms with Crippen molar-refractivity contribution in [2.75, 3.05) is 44.2 Å². The Morgan fingerprint density at radius 1 is 1.27 bits per heavy atom. The van der Waals surface area contributed by atoms with E-state index in [1.54, 1.807) is 0 Å². The van der Waals surface area contributed by atoms with Crippen LogP contribution in [-0.2, 0) is 18.3 Å². The van der Waals surface area contributed by atoms with Gasteiger partial charge in [-0.15, -0.1) is 24.0 Å². The minimum absolute atomic E-state index is 0. The fraction of sp³-hybridized carbons (Fsp3) is 0.571. The van der Waals surface area contributed by atoms with Gasteiger partial charge in [-0.1, -0.05) is 6.07 Å². The molecule has 1 fully saturated rings. The number of rotatable bonds is 7. The molecule has 30 heavy (non-hydrogen) atoms. The molecule has 8 nitrogen and oxygen atoms in total. The number of aliphatic imine (C=N–C) groups is 1. The van der Waals surface area contributed by atoms with Gasteiger partial charge in [-0.3, -0.25) is 4.68 Å². The number of pyridine rings is 1. The number of halogens is 1.